The fourth-order valence-electron chi connectivity index (χ4n) is 2.96. The third-order valence-corrected chi connectivity index (χ3v) is 5.63. The van der Waals surface area contributed by atoms with E-state index in [2.05, 4.69) is 51.7 Å². The summed E-state index contributed by atoms with van der Waals surface area (Å²) in [6, 6.07) is 25.4. The molecule has 0 aliphatic rings. The SMILES string of the molecule is CCc1ccc(-c2nc(SCc3ccc(C(=O)Nc4ccccc4)cc3)n[nH]2)cc1. The van der Waals surface area contributed by atoms with Crippen molar-refractivity contribution in [3.63, 3.8) is 0 Å². The van der Waals surface area contributed by atoms with Gasteiger partial charge in [-0.05, 0) is 41.8 Å². The molecule has 0 atom stereocenters. The van der Waals surface area contributed by atoms with E-state index in [1.807, 2.05) is 54.6 Å². The fraction of sp³-hybridized carbons (Fsp3) is 0.125. The number of nitrogens with zero attached hydrogens (tertiary/aromatic N) is 2. The molecule has 5 nitrogen and oxygen atoms in total. The van der Waals surface area contributed by atoms with Crippen molar-refractivity contribution in [1.82, 2.24) is 15.2 Å². The van der Waals surface area contributed by atoms with Crippen molar-refractivity contribution in [1.29, 1.82) is 0 Å². The molecule has 150 valence electrons. The maximum Gasteiger partial charge on any atom is 0.255 e. The number of rotatable bonds is 7. The summed E-state index contributed by atoms with van der Waals surface area (Å²) in [4.78, 5) is 16.9. The molecular formula is C24H22N4OS. The Morgan fingerprint density at radius 1 is 0.933 bits per heavy atom. The quantitative estimate of drug-likeness (QED) is 0.387. The smallest absolute Gasteiger partial charge is 0.255 e. The van der Waals surface area contributed by atoms with Gasteiger partial charge in [0.1, 0.15) is 0 Å². The van der Waals surface area contributed by atoms with Gasteiger partial charge in [-0.15, -0.1) is 5.10 Å². The van der Waals surface area contributed by atoms with Gasteiger partial charge < -0.3 is 5.32 Å². The first-order valence-electron chi connectivity index (χ1n) is 9.81. The van der Waals surface area contributed by atoms with Crippen molar-refractivity contribution in [2.75, 3.05) is 5.32 Å². The summed E-state index contributed by atoms with van der Waals surface area (Å²) in [5.74, 6) is 1.38. The van der Waals surface area contributed by atoms with Crippen molar-refractivity contribution in [3.05, 3.63) is 95.6 Å². The van der Waals surface area contributed by atoms with Crippen LogP contribution in [-0.2, 0) is 12.2 Å². The number of H-pyrrole nitrogens is 1. The number of hydrogen-bond donors (Lipinski definition) is 2. The molecule has 4 rings (SSSR count). The van der Waals surface area contributed by atoms with Gasteiger partial charge in [-0.25, -0.2) is 4.98 Å². The molecule has 0 fully saturated rings. The molecule has 3 aromatic carbocycles. The number of anilines is 1. The van der Waals surface area contributed by atoms with Crippen LogP contribution in [0.2, 0.25) is 0 Å². The van der Waals surface area contributed by atoms with Gasteiger partial charge in [-0.2, -0.15) is 0 Å². The van der Waals surface area contributed by atoms with Gasteiger partial charge in [0.05, 0.1) is 0 Å². The minimum absolute atomic E-state index is 0.117. The Balaban J connectivity index is 1.34. The molecule has 0 aliphatic carbocycles. The monoisotopic (exact) mass is 414 g/mol. The lowest BCUT2D eigenvalue weighted by Crippen LogP contribution is -2.11. The number of aryl methyl sites for hydroxylation is 1. The van der Waals surface area contributed by atoms with Crippen molar-refractivity contribution in [2.24, 2.45) is 0 Å². The number of carbonyl (C=O) groups is 1. The third-order valence-electron chi connectivity index (χ3n) is 4.72. The molecule has 0 saturated carbocycles. The molecule has 0 saturated heterocycles. The Morgan fingerprint density at radius 2 is 1.63 bits per heavy atom. The molecule has 0 unspecified atom stereocenters. The van der Waals surface area contributed by atoms with Gasteiger partial charge in [0.25, 0.3) is 5.91 Å². The molecule has 1 aromatic heterocycles. The zero-order valence-corrected chi connectivity index (χ0v) is 17.4. The van der Waals surface area contributed by atoms with Crippen LogP contribution in [0.4, 0.5) is 5.69 Å². The van der Waals surface area contributed by atoms with Crippen LogP contribution < -0.4 is 5.32 Å². The second kappa shape index (κ2) is 9.41. The van der Waals surface area contributed by atoms with Crippen LogP contribution in [0.1, 0.15) is 28.4 Å². The average molecular weight is 415 g/mol. The minimum Gasteiger partial charge on any atom is -0.322 e. The second-order valence-corrected chi connectivity index (χ2v) is 7.77. The lowest BCUT2D eigenvalue weighted by molar-refractivity contribution is 0.102. The zero-order chi connectivity index (χ0) is 20.8. The summed E-state index contributed by atoms with van der Waals surface area (Å²) in [6.07, 6.45) is 1.02. The Bertz CT molecular complexity index is 1110. The number of para-hydroxylation sites is 1. The Labute approximate surface area is 180 Å². The number of amides is 1. The normalized spacial score (nSPS) is 10.7. The predicted octanol–water partition coefficient (Wildman–Crippen LogP) is 5.58. The van der Waals surface area contributed by atoms with E-state index in [0.29, 0.717) is 10.7 Å². The molecule has 2 N–H and O–H groups in total. The minimum atomic E-state index is -0.117. The highest BCUT2D eigenvalue weighted by Crippen LogP contribution is 2.23. The van der Waals surface area contributed by atoms with E-state index in [1.165, 1.54) is 5.56 Å². The van der Waals surface area contributed by atoms with Gasteiger partial charge in [0, 0.05) is 22.6 Å². The molecule has 1 amide bonds. The lowest BCUT2D eigenvalue weighted by Gasteiger charge is -2.06. The van der Waals surface area contributed by atoms with Crippen LogP contribution in [0.3, 0.4) is 0 Å². The first-order valence-corrected chi connectivity index (χ1v) is 10.8. The van der Waals surface area contributed by atoms with E-state index >= 15 is 0 Å². The first kappa shape index (κ1) is 19.9. The van der Waals surface area contributed by atoms with Crippen LogP contribution in [-0.4, -0.2) is 21.1 Å². The predicted molar refractivity (Wildman–Crippen MR) is 122 cm³/mol. The van der Waals surface area contributed by atoms with Crippen molar-refractivity contribution >= 4 is 23.4 Å². The Kier molecular flexibility index (Phi) is 6.25. The number of nitrogens with one attached hydrogen (secondary N) is 2. The van der Waals surface area contributed by atoms with Gasteiger partial charge in [0.2, 0.25) is 5.16 Å². The molecule has 0 radical (unpaired) electrons. The summed E-state index contributed by atoms with van der Waals surface area (Å²) >= 11 is 1.56. The van der Waals surface area contributed by atoms with Crippen LogP contribution >= 0.6 is 11.8 Å². The highest BCUT2D eigenvalue weighted by Gasteiger charge is 2.08. The van der Waals surface area contributed by atoms with Crippen LogP contribution in [0, 0.1) is 0 Å². The second-order valence-electron chi connectivity index (χ2n) is 6.82. The van der Waals surface area contributed by atoms with Crippen LogP contribution in [0.5, 0.6) is 0 Å². The molecule has 6 heteroatoms. The van der Waals surface area contributed by atoms with Gasteiger partial charge in [-0.3, -0.25) is 9.89 Å². The largest absolute Gasteiger partial charge is 0.322 e. The number of aromatic amines is 1. The highest BCUT2D eigenvalue weighted by atomic mass is 32.2. The number of benzene rings is 3. The maximum absolute atomic E-state index is 12.3. The molecular weight excluding hydrogens is 392 g/mol. The summed E-state index contributed by atoms with van der Waals surface area (Å²) in [5, 5.41) is 10.9. The molecule has 0 spiro atoms. The fourth-order valence-corrected chi connectivity index (χ4v) is 3.72. The molecule has 1 heterocycles. The Morgan fingerprint density at radius 3 is 2.33 bits per heavy atom. The van der Waals surface area contributed by atoms with Gasteiger partial charge in [0.15, 0.2) is 5.82 Å². The van der Waals surface area contributed by atoms with Gasteiger partial charge >= 0.3 is 0 Å². The van der Waals surface area contributed by atoms with Gasteiger partial charge in [-0.1, -0.05) is 73.3 Å². The topological polar surface area (TPSA) is 70.7 Å². The number of aromatic nitrogens is 3. The van der Waals surface area contributed by atoms with E-state index in [9.17, 15) is 4.79 Å². The van der Waals surface area contributed by atoms with E-state index in [4.69, 9.17) is 0 Å². The van der Waals surface area contributed by atoms with Crippen molar-refractivity contribution < 1.29 is 4.79 Å². The van der Waals surface area contributed by atoms with E-state index in [1.54, 1.807) is 11.8 Å². The molecule has 0 aliphatic heterocycles. The summed E-state index contributed by atoms with van der Waals surface area (Å²) < 4.78 is 0. The van der Waals surface area contributed by atoms with E-state index < -0.39 is 0 Å². The average Bonchev–Trinajstić information content (AvgIpc) is 3.28. The highest BCUT2D eigenvalue weighted by molar-refractivity contribution is 7.98. The van der Waals surface area contributed by atoms with Crippen LogP contribution in [0.15, 0.2) is 84.0 Å². The standard InChI is InChI=1S/C24H22N4OS/c1-2-17-8-12-19(13-9-17)22-26-24(28-27-22)30-16-18-10-14-20(15-11-18)23(29)25-21-6-4-3-5-7-21/h3-15H,2,16H2,1H3,(H,25,29)(H,26,27,28). The molecule has 4 aromatic rings. The summed E-state index contributed by atoms with van der Waals surface area (Å²) in [6.45, 7) is 2.14. The van der Waals surface area contributed by atoms with E-state index in [-0.39, 0.29) is 5.91 Å². The van der Waals surface area contributed by atoms with Crippen molar-refractivity contribution in [3.8, 4) is 11.4 Å². The van der Waals surface area contributed by atoms with Crippen molar-refractivity contribution in [2.45, 2.75) is 24.3 Å². The number of thioether (sulfide) groups is 1. The number of carbonyl (C=O) groups excluding carboxylic acids is 1. The zero-order valence-electron chi connectivity index (χ0n) is 16.6. The summed E-state index contributed by atoms with van der Waals surface area (Å²) in [5.41, 5.74) is 4.85. The third kappa shape index (κ3) is 4.96. The first-order chi connectivity index (χ1) is 14.7. The summed E-state index contributed by atoms with van der Waals surface area (Å²) in [7, 11) is 0. The van der Waals surface area contributed by atoms with E-state index in [0.717, 1.165) is 34.8 Å². The lowest BCUT2D eigenvalue weighted by atomic mass is 10.1. The molecule has 30 heavy (non-hydrogen) atoms. The Hall–Kier alpha value is -3.38. The molecule has 0 bridgehead atoms. The van der Waals surface area contributed by atoms with Crippen LogP contribution in [0.25, 0.3) is 11.4 Å². The maximum atomic E-state index is 12.3. The number of hydrogen-bond acceptors (Lipinski definition) is 4.